The highest BCUT2D eigenvalue weighted by Crippen LogP contribution is 2.44. The standard InChI is InChI=1S/C26H38N2O2/c1-20-18-28(4)21(2)17-26(20,23-10-8-7-9-11-23)14-15-27(3)19-22-12-13-24(29-5)25(16-22)30-6/h7-13,16,20-21H,14-15,17-19H2,1-6H3/t20-,21+,26-/m0/s1. The maximum atomic E-state index is 5.48. The Hall–Kier alpha value is -2.04. The summed E-state index contributed by atoms with van der Waals surface area (Å²) in [5, 5.41) is 0. The van der Waals surface area contributed by atoms with E-state index in [1.54, 1.807) is 14.2 Å². The second-order valence-corrected chi connectivity index (χ2v) is 9.09. The number of nitrogens with zero attached hydrogens (tertiary/aromatic N) is 2. The first kappa shape index (κ1) is 22.6. The maximum absolute atomic E-state index is 5.48. The van der Waals surface area contributed by atoms with Crippen molar-refractivity contribution in [1.29, 1.82) is 0 Å². The molecule has 164 valence electrons. The van der Waals surface area contributed by atoms with E-state index in [2.05, 4.69) is 80.2 Å². The van der Waals surface area contributed by atoms with Gasteiger partial charge >= 0.3 is 0 Å². The summed E-state index contributed by atoms with van der Waals surface area (Å²) in [6, 6.07) is 18.0. The van der Waals surface area contributed by atoms with Crippen LogP contribution in [0.2, 0.25) is 0 Å². The van der Waals surface area contributed by atoms with Crippen molar-refractivity contribution in [2.75, 3.05) is 41.4 Å². The second kappa shape index (κ2) is 9.84. The molecule has 1 saturated heterocycles. The van der Waals surface area contributed by atoms with E-state index in [1.165, 1.54) is 24.0 Å². The molecule has 0 bridgehead atoms. The monoisotopic (exact) mass is 410 g/mol. The summed E-state index contributed by atoms with van der Waals surface area (Å²) >= 11 is 0. The average molecular weight is 411 g/mol. The Balaban J connectivity index is 1.75. The fraction of sp³-hybridized carbons (Fsp3) is 0.538. The van der Waals surface area contributed by atoms with Gasteiger partial charge in [0.1, 0.15) is 0 Å². The molecule has 0 radical (unpaired) electrons. The lowest BCUT2D eigenvalue weighted by Crippen LogP contribution is -2.52. The lowest BCUT2D eigenvalue weighted by Gasteiger charge is -2.50. The molecule has 1 aliphatic rings. The summed E-state index contributed by atoms with van der Waals surface area (Å²) in [4.78, 5) is 4.95. The minimum Gasteiger partial charge on any atom is -0.493 e. The van der Waals surface area contributed by atoms with Gasteiger partial charge in [-0.25, -0.2) is 0 Å². The SMILES string of the molecule is COc1ccc(CN(C)CC[C@]2(c3ccccc3)C[C@@H](C)N(C)C[C@@H]2C)cc1OC. The first-order valence-electron chi connectivity index (χ1n) is 11.0. The Morgan fingerprint density at radius 1 is 1.03 bits per heavy atom. The summed E-state index contributed by atoms with van der Waals surface area (Å²) in [7, 11) is 7.85. The zero-order chi connectivity index (χ0) is 21.7. The summed E-state index contributed by atoms with van der Waals surface area (Å²) < 4.78 is 10.8. The summed E-state index contributed by atoms with van der Waals surface area (Å²) in [6.45, 7) is 7.91. The van der Waals surface area contributed by atoms with Crippen LogP contribution in [0.5, 0.6) is 11.5 Å². The normalized spacial score (nSPS) is 24.8. The zero-order valence-corrected chi connectivity index (χ0v) is 19.5. The van der Waals surface area contributed by atoms with Crippen LogP contribution in [0.25, 0.3) is 0 Å². The van der Waals surface area contributed by atoms with Crippen molar-refractivity contribution >= 4 is 0 Å². The molecular weight excluding hydrogens is 372 g/mol. The van der Waals surface area contributed by atoms with E-state index in [4.69, 9.17) is 9.47 Å². The molecule has 0 amide bonds. The molecular formula is C26H38N2O2. The van der Waals surface area contributed by atoms with Crippen molar-refractivity contribution in [2.45, 2.75) is 44.7 Å². The summed E-state index contributed by atoms with van der Waals surface area (Å²) in [6.07, 6.45) is 2.37. The number of rotatable bonds is 8. The van der Waals surface area contributed by atoms with Gasteiger partial charge in [-0.3, -0.25) is 0 Å². The Morgan fingerprint density at radius 2 is 1.73 bits per heavy atom. The number of piperidine rings is 1. The minimum atomic E-state index is 0.221. The van der Waals surface area contributed by atoms with E-state index >= 15 is 0 Å². The number of likely N-dealkylation sites (tertiary alicyclic amines) is 1. The fourth-order valence-corrected chi connectivity index (χ4v) is 5.10. The van der Waals surface area contributed by atoms with E-state index in [9.17, 15) is 0 Å². The lowest BCUT2D eigenvalue weighted by atomic mass is 9.63. The van der Waals surface area contributed by atoms with Crippen LogP contribution in [0.15, 0.2) is 48.5 Å². The number of benzene rings is 2. The number of hydrogen-bond donors (Lipinski definition) is 0. The molecule has 1 aliphatic heterocycles. The number of hydrogen-bond acceptors (Lipinski definition) is 4. The van der Waals surface area contributed by atoms with E-state index in [1.807, 2.05) is 6.07 Å². The van der Waals surface area contributed by atoms with E-state index in [0.717, 1.165) is 31.1 Å². The molecule has 0 aliphatic carbocycles. The predicted octanol–water partition coefficient (Wildman–Crippen LogP) is 4.82. The third kappa shape index (κ3) is 4.81. The van der Waals surface area contributed by atoms with Crippen LogP contribution >= 0.6 is 0 Å². The molecule has 1 heterocycles. The second-order valence-electron chi connectivity index (χ2n) is 9.09. The van der Waals surface area contributed by atoms with Gasteiger partial charge in [-0.1, -0.05) is 43.3 Å². The molecule has 4 nitrogen and oxygen atoms in total. The predicted molar refractivity (Wildman–Crippen MR) is 124 cm³/mol. The largest absolute Gasteiger partial charge is 0.493 e. The van der Waals surface area contributed by atoms with Crippen molar-refractivity contribution < 1.29 is 9.47 Å². The molecule has 0 unspecified atom stereocenters. The number of methoxy groups -OCH3 is 2. The highest BCUT2D eigenvalue weighted by molar-refractivity contribution is 5.42. The Kier molecular flexibility index (Phi) is 7.43. The zero-order valence-electron chi connectivity index (χ0n) is 19.5. The first-order valence-corrected chi connectivity index (χ1v) is 11.0. The van der Waals surface area contributed by atoms with Gasteiger partial charge in [0, 0.05) is 24.5 Å². The van der Waals surface area contributed by atoms with Crippen molar-refractivity contribution in [3.8, 4) is 11.5 Å². The topological polar surface area (TPSA) is 24.9 Å². The maximum Gasteiger partial charge on any atom is 0.161 e. The Labute approximate surface area is 182 Å². The molecule has 30 heavy (non-hydrogen) atoms. The third-order valence-electron chi connectivity index (χ3n) is 7.11. The van der Waals surface area contributed by atoms with Crippen LogP contribution in [-0.4, -0.2) is 57.2 Å². The van der Waals surface area contributed by atoms with Crippen molar-refractivity contribution in [3.05, 3.63) is 59.7 Å². The highest BCUT2D eigenvalue weighted by atomic mass is 16.5. The molecule has 0 aromatic heterocycles. The molecule has 2 aromatic carbocycles. The molecule has 3 rings (SSSR count). The van der Waals surface area contributed by atoms with E-state index in [-0.39, 0.29) is 5.41 Å². The minimum absolute atomic E-state index is 0.221. The molecule has 3 atom stereocenters. The summed E-state index contributed by atoms with van der Waals surface area (Å²) in [5.41, 5.74) is 2.96. The van der Waals surface area contributed by atoms with E-state index in [0.29, 0.717) is 12.0 Å². The molecule has 0 spiro atoms. The van der Waals surface area contributed by atoms with E-state index < -0.39 is 0 Å². The molecule has 0 saturated carbocycles. The average Bonchev–Trinajstić information content (AvgIpc) is 2.76. The first-order chi connectivity index (χ1) is 14.4. The van der Waals surface area contributed by atoms with Crippen molar-refractivity contribution in [1.82, 2.24) is 9.80 Å². The lowest BCUT2D eigenvalue weighted by molar-refractivity contribution is 0.0622. The molecule has 4 heteroatoms. The van der Waals surface area contributed by atoms with Crippen molar-refractivity contribution in [2.24, 2.45) is 5.92 Å². The van der Waals surface area contributed by atoms with Crippen LogP contribution in [-0.2, 0) is 12.0 Å². The van der Waals surface area contributed by atoms with Crippen molar-refractivity contribution in [3.63, 3.8) is 0 Å². The smallest absolute Gasteiger partial charge is 0.161 e. The van der Waals surface area contributed by atoms with Gasteiger partial charge in [-0.2, -0.15) is 0 Å². The number of ether oxygens (including phenoxy) is 2. The highest BCUT2D eigenvalue weighted by Gasteiger charge is 2.43. The van der Waals surface area contributed by atoms with Crippen LogP contribution in [0, 0.1) is 5.92 Å². The Morgan fingerprint density at radius 3 is 2.40 bits per heavy atom. The quantitative estimate of drug-likeness (QED) is 0.623. The van der Waals surface area contributed by atoms with Gasteiger partial charge in [-0.15, -0.1) is 0 Å². The van der Waals surface area contributed by atoms with Gasteiger partial charge in [0.25, 0.3) is 0 Å². The van der Waals surface area contributed by atoms with Crippen LogP contribution in [0.3, 0.4) is 0 Å². The third-order valence-corrected chi connectivity index (χ3v) is 7.11. The molecule has 2 aromatic rings. The molecule has 0 N–H and O–H groups in total. The van der Waals surface area contributed by atoms with Gasteiger partial charge in [0.15, 0.2) is 11.5 Å². The van der Waals surface area contributed by atoms with Crippen LogP contribution in [0.4, 0.5) is 0 Å². The Bertz CT molecular complexity index is 810. The summed E-state index contributed by atoms with van der Waals surface area (Å²) in [5.74, 6) is 2.19. The fourth-order valence-electron chi connectivity index (χ4n) is 5.10. The van der Waals surface area contributed by atoms with Crippen LogP contribution < -0.4 is 9.47 Å². The van der Waals surface area contributed by atoms with Crippen LogP contribution in [0.1, 0.15) is 37.8 Å². The molecule has 1 fully saturated rings. The van der Waals surface area contributed by atoms with Gasteiger partial charge in [-0.05, 0) is 69.6 Å². The van der Waals surface area contributed by atoms with Gasteiger partial charge in [0.2, 0.25) is 0 Å². The van der Waals surface area contributed by atoms with Gasteiger partial charge in [0.05, 0.1) is 14.2 Å². The van der Waals surface area contributed by atoms with Gasteiger partial charge < -0.3 is 19.3 Å².